The number of benzene rings is 2. The molecular formula is C20H15BrClF2N3O2. The van der Waals surface area contributed by atoms with Crippen LogP contribution in [0.25, 0.3) is 11.0 Å². The van der Waals surface area contributed by atoms with Crippen LogP contribution in [-0.4, -0.2) is 38.8 Å². The molecule has 29 heavy (non-hydrogen) atoms. The molecule has 0 radical (unpaired) electrons. The predicted molar refractivity (Wildman–Crippen MR) is 108 cm³/mol. The van der Waals surface area contributed by atoms with Crippen LogP contribution >= 0.6 is 27.5 Å². The van der Waals surface area contributed by atoms with Crippen LogP contribution in [0.1, 0.15) is 44.4 Å². The van der Waals surface area contributed by atoms with Crippen LogP contribution in [-0.2, 0) is 0 Å². The SMILES string of the molecule is [2H]C([2H])([2H])N1C(=O)c2cccc(Cl)c2[C@H]2C[C@@H]1c1nc3ccc(OC(F)(F)CBr)cc3n12. The third kappa shape index (κ3) is 2.76. The van der Waals surface area contributed by atoms with Gasteiger partial charge in [-0.25, -0.2) is 4.98 Å². The summed E-state index contributed by atoms with van der Waals surface area (Å²) in [6.45, 7) is -2.71. The lowest BCUT2D eigenvalue weighted by Crippen LogP contribution is -2.30. The van der Waals surface area contributed by atoms with E-state index in [2.05, 4.69) is 20.9 Å². The number of fused-ring (bicyclic) bond motifs is 9. The predicted octanol–water partition coefficient (Wildman–Crippen LogP) is 5.18. The van der Waals surface area contributed by atoms with Gasteiger partial charge in [-0.2, -0.15) is 8.78 Å². The van der Waals surface area contributed by atoms with Crippen molar-refractivity contribution in [2.45, 2.75) is 24.6 Å². The van der Waals surface area contributed by atoms with Crippen LogP contribution in [0.15, 0.2) is 36.4 Å². The fourth-order valence-corrected chi connectivity index (χ4v) is 4.56. The van der Waals surface area contributed by atoms with Crippen molar-refractivity contribution >= 4 is 44.5 Å². The molecule has 2 atom stereocenters. The maximum Gasteiger partial charge on any atom is 0.407 e. The van der Waals surface area contributed by atoms with Gasteiger partial charge in [0.25, 0.3) is 5.91 Å². The third-order valence-corrected chi connectivity index (χ3v) is 6.30. The van der Waals surface area contributed by atoms with Crippen molar-refractivity contribution in [2.24, 2.45) is 0 Å². The summed E-state index contributed by atoms with van der Waals surface area (Å²) in [5.41, 5.74) is 1.65. The fourth-order valence-electron chi connectivity index (χ4n) is 4.14. The molecule has 2 aromatic carbocycles. The Balaban J connectivity index is 1.76. The molecule has 5 rings (SSSR count). The van der Waals surface area contributed by atoms with Gasteiger partial charge in [-0.15, -0.1) is 0 Å². The molecule has 0 saturated carbocycles. The first-order chi connectivity index (χ1) is 15.0. The van der Waals surface area contributed by atoms with E-state index in [0.29, 0.717) is 27.4 Å². The van der Waals surface area contributed by atoms with Crippen molar-refractivity contribution in [2.75, 3.05) is 12.3 Å². The van der Waals surface area contributed by atoms with Crippen LogP contribution in [0.3, 0.4) is 0 Å². The maximum absolute atomic E-state index is 13.8. The fraction of sp³-hybridized carbons (Fsp3) is 0.300. The van der Waals surface area contributed by atoms with Gasteiger partial charge in [0.05, 0.1) is 23.1 Å². The summed E-state index contributed by atoms with van der Waals surface area (Å²) in [4.78, 5) is 18.7. The number of carbonyl (C=O) groups is 1. The topological polar surface area (TPSA) is 47.4 Å². The number of aromatic nitrogens is 2. The van der Waals surface area contributed by atoms with E-state index in [1.54, 1.807) is 22.8 Å². The number of hydrogen-bond acceptors (Lipinski definition) is 3. The first-order valence-electron chi connectivity index (χ1n) is 10.3. The Labute approximate surface area is 182 Å². The number of imidazole rings is 1. The minimum absolute atomic E-state index is 0.0629. The molecule has 2 aliphatic heterocycles. The molecule has 1 amide bonds. The summed E-state index contributed by atoms with van der Waals surface area (Å²) in [6.07, 6.45) is -3.16. The summed E-state index contributed by atoms with van der Waals surface area (Å²) < 4.78 is 58.1. The van der Waals surface area contributed by atoms with Crippen LogP contribution in [0.2, 0.25) is 5.02 Å². The molecular weight excluding hydrogens is 468 g/mol. The number of amides is 1. The molecule has 2 aliphatic rings. The van der Waals surface area contributed by atoms with Crippen LogP contribution in [0.5, 0.6) is 5.75 Å². The average Bonchev–Trinajstić information content (AvgIpc) is 3.20. The van der Waals surface area contributed by atoms with Crippen LogP contribution in [0, 0.1) is 0 Å². The first-order valence-corrected chi connectivity index (χ1v) is 10.3. The van der Waals surface area contributed by atoms with Gasteiger partial charge in [-0.05, 0) is 24.3 Å². The van der Waals surface area contributed by atoms with E-state index in [4.69, 9.17) is 20.5 Å². The molecule has 3 heterocycles. The summed E-state index contributed by atoms with van der Waals surface area (Å²) in [7, 11) is 0. The number of carbonyl (C=O) groups excluding carboxylic acids is 1. The Morgan fingerprint density at radius 1 is 1.38 bits per heavy atom. The van der Waals surface area contributed by atoms with E-state index in [-0.39, 0.29) is 17.7 Å². The van der Waals surface area contributed by atoms with E-state index in [9.17, 15) is 13.6 Å². The first kappa shape index (κ1) is 15.6. The largest absolute Gasteiger partial charge is 0.432 e. The Morgan fingerprint density at radius 3 is 2.97 bits per heavy atom. The lowest BCUT2D eigenvalue weighted by atomic mass is 9.99. The number of alkyl halides is 3. The highest BCUT2D eigenvalue weighted by Gasteiger charge is 2.44. The highest BCUT2D eigenvalue weighted by atomic mass is 79.9. The zero-order valence-electron chi connectivity index (χ0n) is 17.7. The van der Waals surface area contributed by atoms with E-state index < -0.39 is 36.4 Å². The number of ether oxygens (including phenoxy) is 1. The van der Waals surface area contributed by atoms with Crippen molar-refractivity contribution in [1.82, 2.24) is 14.5 Å². The van der Waals surface area contributed by atoms with Crippen molar-refractivity contribution in [3.05, 3.63) is 58.4 Å². The Morgan fingerprint density at radius 2 is 2.21 bits per heavy atom. The second kappa shape index (κ2) is 6.40. The average molecular weight is 486 g/mol. The van der Waals surface area contributed by atoms with E-state index in [1.807, 2.05) is 0 Å². The molecule has 0 unspecified atom stereocenters. The quantitative estimate of drug-likeness (QED) is 0.481. The second-order valence-electron chi connectivity index (χ2n) is 7.01. The summed E-state index contributed by atoms with van der Waals surface area (Å²) >= 11 is 9.21. The Kier molecular flexibility index (Phi) is 3.45. The normalized spacial score (nSPS) is 22.6. The highest BCUT2D eigenvalue weighted by molar-refractivity contribution is 9.09. The standard InChI is InChI=1S/C20H15BrClF2N3O2/c1-26-16-8-15(17-11(19(26)28)3-2-4-12(17)22)27-14-7-10(29-20(23,24)9-21)5-6-13(14)25-18(16)27/h2-7,15-16H,8-9H2,1H3/t15-,16-/m1/s1/i1D3. The van der Waals surface area contributed by atoms with Gasteiger partial charge in [0.15, 0.2) is 0 Å². The van der Waals surface area contributed by atoms with Crippen molar-refractivity contribution in [3.63, 3.8) is 0 Å². The van der Waals surface area contributed by atoms with Gasteiger partial charge in [0.1, 0.15) is 16.9 Å². The molecule has 0 N–H and O–H groups in total. The zero-order valence-corrected chi connectivity index (χ0v) is 17.0. The number of nitrogens with zero attached hydrogens (tertiary/aromatic N) is 3. The molecule has 1 aromatic heterocycles. The molecule has 5 nitrogen and oxygen atoms in total. The number of rotatable bonds is 3. The van der Waals surface area contributed by atoms with Crippen molar-refractivity contribution in [1.29, 1.82) is 0 Å². The van der Waals surface area contributed by atoms with Crippen molar-refractivity contribution < 1.29 is 22.4 Å². The third-order valence-electron chi connectivity index (χ3n) is 5.31. The summed E-state index contributed by atoms with van der Waals surface area (Å²) in [6, 6.07) is 7.80. The molecule has 0 saturated heterocycles. The summed E-state index contributed by atoms with van der Waals surface area (Å²) in [5.74, 6) is -0.342. The smallest absolute Gasteiger partial charge is 0.407 e. The van der Waals surface area contributed by atoms with E-state index >= 15 is 0 Å². The van der Waals surface area contributed by atoms with Gasteiger partial charge in [-0.3, -0.25) is 4.79 Å². The Hall–Kier alpha value is -2.19. The summed E-state index contributed by atoms with van der Waals surface area (Å²) in [5, 5.41) is -0.355. The molecule has 0 spiro atoms. The van der Waals surface area contributed by atoms with Gasteiger partial charge < -0.3 is 14.2 Å². The molecule has 0 aliphatic carbocycles. The van der Waals surface area contributed by atoms with E-state index in [1.165, 1.54) is 18.2 Å². The van der Waals surface area contributed by atoms with Crippen LogP contribution < -0.4 is 4.74 Å². The van der Waals surface area contributed by atoms with E-state index in [0.717, 1.165) is 4.90 Å². The molecule has 150 valence electrons. The zero-order chi connectivity index (χ0) is 23.0. The minimum atomic E-state index is -3.41. The van der Waals surface area contributed by atoms with Gasteiger partial charge in [0, 0.05) is 39.7 Å². The number of hydrogen-bond donors (Lipinski definition) is 0. The number of halogens is 4. The molecule has 9 heteroatoms. The second-order valence-corrected chi connectivity index (χ2v) is 7.98. The van der Waals surface area contributed by atoms with Crippen molar-refractivity contribution in [3.8, 4) is 5.75 Å². The minimum Gasteiger partial charge on any atom is -0.432 e. The Bertz CT molecular complexity index is 1270. The molecule has 0 fully saturated rings. The van der Waals surface area contributed by atoms with Gasteiger partial charge >= 0.3 is 6.11 Å². The molecule has 2 bridgehead atoms. The lowest BCUT2D eigenvalue weighted by Gasteiger charge is -2.24. The molecule has 3 aromatic rings. The maximum atomic E-state index is 13.8. The van der Waals surface area contributed by atoms with Gasteiger partial charge in [-0.1, -0.05) is 33.6 Å². The van der Waals surface area contributed by atoms with Gasteiger partial charge in [0.2, 0.25) is 0 Å². The highest BCUT2D eigenvalue weighted by Crippen LogP contribution is 2.49. The van der Waals surface area contributed by atoms with Crippen LogP contribution in [0.4, 0.5) is 8.78 Å². The monoisotopic (exact) mass is 484 g/mol. The lowest BCUT2D eigenvalue weighted by molar-refractivity contribution is -0.153.